The molecule has 1 aromatic carbocycles. The molecule has 0 aliphatic carbocycles. The maximum Gasteiger partial charge on any atom is 0.319 e. The second kappa shape index (κ2) is 12.7. The zero-order chi connectivity index (χ0) is 24.5. The van der Waals surface area contributed by atoms with E-state index in [2.05, 4.69) is 25.8 Å². The van der Waals surface area contributed by atoms with Crippen LogP contribution in [0.25, 0.3) is 0 Å². The standard InChI is InChI=1S/C26H36ClN5O2/c1-4-21-17-23(16-18(3)29-21)31-26(34)28-12-15-32-13-10-22(11-14-32)30-25(33)24(5-2)19-6-8-20(27)9-7-19/h6-9,16-17,22,24H,4-5,10-15H2,1-3H3,(H,30,33)(H2,28,29,31,34). The first-order valence-electron chi connectivity index (χ1n) is 12.2. The number of benzene rings is 1. The molecular weight excluding hydrogens is 450 g/mol. The van der Waals surface area contributed by atoms with E-state index in [0.717, 1.165) is 68.0 Å². The second-order valence-electron chi connectivity index (χ2n) is 8.86. The summed E-state index contributed by atoms with van der Waals surface area (Å²) in [6.45, 7) is 9.15. The average molecular weight is 486 g/mol. The molecule has 1 fully saturated rings. The summed E-state index contributed by atoms with van der Waals surface area (Å²) in [6, 6.07) is 11.3. The van der Waals surface area contributed by atoms with Crippen molar-refractivity contribution in [2.24, 2.45) is 0 Å². The molecule has 1 saturated heterocycles. The predicted molar refractivity (Wildman–Crippen MR) is 137 cm³/mol. The van der Waals surface area contributed by atoms with E-state index in [9.17, 15) is 9.59 Å². The Labute approximate surface area is 207 Å². The first kappa shape index (κ1) is 26.0. The first-order chi connectivity index (χ1) is 16.4. The third-order valence-electron chi connectivity index (χ3n) is 6.27. The van der Waals surface area contributed by atoms with Crippen molar-refractivity contribution in [3.63, 3.8) is 0 Å². The molecule has 0 bridgehead atoms. The van der Waals surface area contributed by atoms with Crippen LogP contribution < -0.4 is 16.0 Å². The van der Waals surface area contributed by atoms with Crippen molar-refractivity contribution in [1.82, 2.24) is 20.5 Å². The number of nitrogens with one attached hydrogen (secondary N) is 3. The highest BCUT2D eigenvalue weighted by Gasteiger charge is 2.24. The molecule has 1 atom stereocenters. The maximum absolute atomic E-state index is 12.9. The summed E-state index contributed by atoms with van der Waals surface area (Å²) in [7, 11) is 0. The lowest BCUT2D eigenvalue weighted by Crippen LogP contribution is -2.47. The minimum atomic E-state index is -0.206. The van der Waals surface area contributed by atoms with Crippen molar-refractivity contribution in [1.29, 1.82) is 0 Å². The van der Waals surface area contributed by atoms with E-state index in [0.29, 0.717) is 11.6 Å². The Kier molecular flexibility index (Phi) is 9.72. The molecule has 2 heterocycles. The molecule has 2 aromatic rings. The molecule has 7 nitrogen and oxygen atoms in total. The van der Waals surface area contributed by atoms with E-state index >= 15 is 0 Å². The van der Waals surface area contributed by atoms with E-state index < -0.39 is 0 Å². The first-order valence-corrected chi connectivity index (χ1v) is 12.6. The highest BCUT2D eigenvalue weighted by molar-refractivity contribution is 6.30. The number of piperidine rings is 1. The Morgan fingerprint density at radius 3 is 2.50 bits per heavy atom. The predicted octanol–water partition coefficient (Wildman–Crippen LogP) is 4.50. The van der Waals surface area contributed by atoms with Crippen LogP contribution in [0, 0.1) is 6.92 Å². The number of pyridine rings is 1. The van der Waals surface area contributed by atoms with Gasteiger partial charge in [0.1, 0.15) is 0 Å². The average Bonchev–Trinajstić information content (AvgIpc) is 2.81. The van der Waals surface area contributed by atoms with Crippen molar-refractivity contribution >= 4 is 29.2 Å². The number of nitrogens with zero attached hydrogens (tertiary/aromatic N) is 2. The number of rotatable bonds is 9. The maximum atomic E-state index is 12.9. The number of urea groups is 1. The molecule has 3 N–H and O–H groups in total. The minimum absolute atomic E-state index is 0.0826. The zero-order valence-electron chi connectivity index (χ0n) is 20.4. The number of hydrogen-bond acceptors (Lipinski definition) is 4. The summed E-state index contributed by atoms with van der Waals surface area (Å²) < 4.78 is 0. The smallest absolute Gasteiger partial charge is 0.319 e. The topological polar surface area (TPSA) is 86.4 Å². The summed E-state index contributed by atoms with van der Waals surface area (Å²) >= 11 is 5.98. The van der Waals surface area contributed by atoms with E-state index in [1.54, 1.807) is 0 Å². The quantitative estimate of drug-likeness (QED) is 0.488. The number of aryl methyl sites for hydroxylation is 2. The normalized spacial score (nSPS) is 15.5. The molecule has 3 amide bonds. The number of carbonyl (C=O) groups is 2. The summed E-state index contributed by atoms with van der Waals surface area (Å²) in [6.07, 6.45) is 3.39. The lowest BCUT2D eigenvalue weighted by Gasteiger charge is -2.33. The Bertz CT molecular complexity index is 958. The van der Waals surface area contributed by atoms with E-state index in [4.69, 9.17) is 11.6 Å². The van der Waals surface area contributed by atoms with Gasteiger partial charge in [-0.05, 0) is 62.4 Å². The van der Waals surface area contributed by atoms with Gasteiger partial charge in [-0.25, -0.2) is 4.79 Å². The van der Waals surface area contributed by atoms with Crippen LogP contribution in [0.5, 0.6) is 0 Å². The summed E-state index contributed by atoms with van der Waals surface area (Å²) in [5.74, 6) is -0.0743. The molecule has 1 aliphatic rings. The molecular formula is C26H36ClN5O2. The Morgan fingerprint density at radius 2 is 1.85 bits per heavy atom. The third-order valence-corrected chi connectivity index (χ3v) is 6.52. The SMILES string of the molecule is CCc1cc(NC(=O)NCCN2CCC(NC(=O)C(CC)c3ccc(Cl)cc3)CC2)cc(C)n1. The van der Waals surface area contributed by atoms with Gasteiger partial charge in [0.05, 0.1) is 5.92 Å². The van der Waals surface area contributed by atoms with E-state index in [-0.39, 0.29) is 23.9 Å². The summed E-state index contributed by atoms with van der Waals surface area (Å²) in [5, 5.41) is 9.74. The molecule has 0 spiro atoms. The van der Waals surface area contributed by atoms with Gasteiger partial charge in [-0.2, -0.15) is 0 Å². The van der Waals surface area contributed by atoms with Crippen molar-refractivity contribution in [2.45, 2.75) is 58.4 Å². The van der Waals surface area contributed by atoms with Crippen LogP contribution in [0.1, 0.15) is 56.0 Å². The van der Waals surface area contributed by atoms with Gasteiger partial charge < -0.3 is 20.9 Å². The second-order valence-corrected chi connectivity index (χ2v) is 9.30. The number of carbonyl (C=O) groups excluding carboxylic acids is 2. The monoisotopic (exact) mass is 485 g/mol. The van der Waals surface area contributed by atoms with Crippen molar-refractivity contribution in [3.8, 4) is 0 Å². The fourth-order valence-electron chi connectivity index (χ4n) is 4.36. The molecule has 1 aliphatic heterocycles. The molecule has 184 valence electrons. The number of aromatic nitrogens is 1. The van der Waals surface area contributed by atoms with Gasteiger partial charge in [0.2, 0.25) is 5.91 Å². The van der Waals surface area contributed by atoms with Crippen LogP contribution in [0.4, 0.5) is 10.5 Å². The van der Waals surface area contributed by atoms with Crippen LogP contribution in [0.3, 0.4) is 0 Å². The van der Waals surface area contributed by atoms with Crippen molar-refractivity contribution in [3.05, 3.63) is 58.4 Å². The van der Waals surface area contributed by atoms with Crippen LogP contribution in [-0.4, -0.2) is 54.0 Å². The number of halogens is 1. The Balaban J connectivity index is 1.37. The minimum Gasteiger partial charge on any atom is -0.353 e. The summed E-state index contributed by atoms with van der Waals surface area (Å²) in [4.78, 5) is 31.9. The highest BCUT2D eigenvalue weighted by atomic mass is 35.5. The Hall–Kier alpha value is -2.64. The summed E-state index contributed by atoms with van der Waals surface area (Å²) in [5.41, 5.74) is 3.62. The van der Waals surface area contributed by atoms with Gasteiger partial charge in [-0.3, -0.25) is 9.78 Å². The Morgan fingerprint density at radius 1 is 1.15 bits per heavy atom. The fraction of sp³-hybridized carbons (Fsp3) is 0.500. The lowest BCUT2D eigenvalue weighted by atomic mass is 9.94. The fourth-order valence-corrected chi connectivity index (χ4v) is 4.49. The van der Waals surface area contributed by atoms with Crippen LogP contribution >= 0.6 is 11.6 Å². The molecule has 34 heavy (non-hydrogen) atoms. The van der Waals surface area contributed by atoms with Gasteiger partial charge in [0.15, 0.2) is 0 Å². The number of amides is 3. The zero-order valence-corrected chi connectivity index (χ0v) is 21.1. The van der Waals surface area contributed by atoms with Gasteiger partial charge in [0, 0.05) is 54.3 Å². The molecule has 0 saturated carbocycles. The lowest BCUT2D eigenvalue weighted by molar-refractivity contribution is -0.123. The number of hydrogen-bond donors (Lipinski definition) is 3. The van der Waals surface area contributed by atoms with Gasteiger partial charge >= 0.3 is 6.03 Å². The number of likely N-dealkylation sites (tertiary alicyclic amines) is 1. The van der Waals surface area contributed by atoms with E-state index in [1.807, 2.05) is 57.2 Å². The van der Waals surface area contributed by atoms with Crippen LogP contribution in [0.15, 0.2) is 36.4 Å². The molecule has 1 aromatic heterocycles. The molecule has 0 radical (unpaired) electrons. The van der Waals surface area contributed by atoms with Gasteiger partial charge in [-0.1, -0.05) is 37.6 Å². The number of anilines is 1. The molecule has 8 heteroatoms. The van der Waals surface area contributed by atoms with Gasteiger partial charge in [-0.15, -0.1) is 0 Å². The van der Waals surface area contributed by atoms with Crippen LogP contribution in [-0.2, 0) is 11.2 Å². The van der Waals surface area contributed by atoms with Crippen LogP contribution in [0.2, 0.25) is 5.02 Å². The van der Waals surface area contributed by atoms with Crippen molar-refractivity contribution in [2.75, 3.05) is 31.5 Å². The van der Waals surface area contributed by atoms with Gasteiger partial charge in [0.25, 0.3) is 0 Å². The van der Waals surface area contributed by atoms with Crippen molar-refractivity contribution < 1.29 is 9.59 Å². The largest absolute Gasteiger partial charge is 0.353 e. The molecule has 1 unspecified atom stereocenters. The van der Waals surface area contributed by atoms with E-state index in [1.165, 1.54) is 0 Å². The third kappa shape index (κ3) is 7.71. The highest BCUT2D eigenvalue weighted by Crippen LogP contribution is 2.23. The molecule has 3 rings (SSSR count).